The van der Waals surface area contributed by atoms with Crippen LogP contribution in [0.3, 0.4) is 0 Å². The highest BCUT2D eigenvalue weighted by molar-refractivity contribution is 5.46. The molecule has 18 heavy (non-hydrogen) atoms. The van der Waals surface area contributed by atoms with Gasteiger partial charge in [0.1, 0.15) is 5.75 Å². The van der Waals surface area contributed by atoms with Gasteiger partial charge < -0.3 is 10.1 Å². The molecule has 2 heteroatoms. The van der Waals surface area contributed by atoms with Crippen molar-refractivity contribution >= 4 is 5.69 Å². The summed E-state index contributed by atoms with van der Waals surface area (Å²) in [6.45, 7) is 3.78. The summed E-state index contributed by atoms with van der Waals surface area (Å²) in [6.07, 6.45) is 1.04. The number of hydrogen-bond acceptors (Lipinski definition) is 2. The van der Waals surface area contributed by atoms with Gasteiger partial charge in [-0.05, 0) is 36.2 Å². The minimum absolute atomic E-state index is 0.824. The van der Waals surface area contributed by atoms with E-state index < -0.39 is 0 Å². The second-order valence-electron chi connectivity index (χ2n) is 4.76. The Morgan fingerprint density at radius 2 is 1.94 bits per heavy atom. The molecule has 2 aromatic carbocycles. The van der Waals surface area contributed by atoms with Crippen LogP contribution in [0.15, 0.2) is 42.5 Å². The maximum atomic E-state index is 5.51. The summed E-state index contributed by atoms with van der Waals surface area (Å²) in [5.41, 5.74) is 5.09. The van der Waals surface area contributed by atoms with E-state index in [4.69, 9.17) is 4.74 Å². The normalized spacial score (nSPS) is 12.9. The number of nitrogens with one attached hydrogen (secondary N) is 1. The van der Waals surface area contributed by atoms with E-state index in [0.29, 0.717) is 0 Å². The molecule has 3 rings (SSSR count). The number of ether oxygens (including phenoxy) is 1. The lowest BCUT2D eigenvalue weighted by molar-refractivity contribution is 0.357. The van der Waals surface area contributed by atoms with Crippen molar-refractivity contribution in [2.75, 3.05) is 11.9 Å². The second-order valence-corrected chi connectivity index (χ2v) is 4.76. The molecular formula is C16H17NO. The molecule has 2 aromatic rings. The molecule has 0 atom stereocenters. The van der Waals surface area contributed by atoms with Crippen LogP contribution in [-0.4, -0.2) is 6.61 Å². The van der Waals surface area contributed by atoms with Crippen molar-refractivity contribution in [2.24, 2.45) is 0 Å². The molecule has 0 aliphatic carbocycles. The third kappa shape index (κ3) is 2.33. The first-order valence-corrected chi connectivity index (χ1v) is 6.36. The van der Waals surface area contributed by atoms with Gasteiger partial charge >= 0.3 is 0 Å². The molecule has 0 radical (unpaired) electrons. The summed E-state index contributed by atoms with van der Waals surface area (Å²) >= 11 is 0. The van der Waals surface area contributed by atoms with Crippen LogP contribution in [0, 0.1) is 6.92 Å². The van der Waals surface area contributed by atoms with Crippen molar-refractivity contribution in [1.29, 1.82) is 0 Å². The van der Waals surface area contributed by atoms with E-state index >= 15 is 0 Å². The highest BCUT2D eigenvalue weighted by Crippen LogP contribution is 2.26. The molecule has 0 unspecified atom stereocenters. The highest BCUT2D eigenvalue weighted by atomic mass is 16.5. The Labute approximate surface area is 108 Å². The first-order chi connectivity index (χ1) is 8.81. The molecule has 0 fully saturated rings. The zero-order valence-corrected chi connectivity index (χ0v) is 10.6. The Bertz CT molecular complexity index is 546. The van der Waals surface area contributed by atoms with Crippen LogP contribution in [0.2, 0.25) is 0 Å². The van der Waals surface area contributed by atoms with Gasteiger partial charge in [-0.3, -0.25) is 0 Å². The van der Waals surface area contributed by atoms with Gasteiger partial charge in [-0.15, -0.1) is 0 Å². The van der Waals surface area contributed by atoms with Crippen molar-refractivity contribution in [3.8, 4) is 5.75 Å². The summed E-state index contributed by atoms with van der Waals surface area (Å²) in [6, 6.07) is 14.9. The van der Waals surface area contributed by atoms with E-state index in [9.17, 15) is 0 Å². The lowest BCUT2D eigenvalue weighted by atomic mass is 10.1. The smallest absolute Gasteiger partial charge is 0.122 e. The van der Waals surface area contributed by atoms with Gasteiger partial charge in [0.2, 0.25) is 0 Å². The standard InChI is InChI=1S/C16H17NO/c1-12-2-5-15(6-3-12)17-11-13-4-7-16-14(10-13)8-9-18-16/h2-7,10,17H,8-9,11H2,1H3. The van der Waals surface area contributed by atoms with Gasteiger partial charge in [0.15, 0.2) is 0 Å². The van der Waals surface area contributed by atoms with Gasteiger partial charge in [0.25, 0.3) is 0 Å². The number of rotatable bonds is 3. The minimum Gasteiger partial charge on any atom is -0.493 e. The number of benzene rings is 2. The molecule has 0 amide bonds. The topological polar surface area (TPSA) is 21.3 Å². The summed E-state index contributed by atoms with van der Waals surface area (Å²) < 4.78 is 5.51. The third-order valence-corrected chi connectivity index (χ3v) is 3.30. The molecule has 92 valence electrons. The first kappa shape index (κ1) is 11.1. The molecule has 1 aliphatic heterocycles. The van der Waals surface area contributed by atoms with E-state index in [2.05, 4.69) is 54.7 Å². The van der Waals surface area contributed by atoms with Gasteiger partial charge in [0.05, 0.1) is 6.61 Å². The lowest BCUT2D eigenvalue weighted by Crippen LogP contribution is -1.99. The van der Waals surface area contributed by atoms with Crippen LogP contribution >= 0.6 is 0 Å². The summed E-state index contributed by atoms with van der Waals surface area (Å²) in [4.78, 5) is 0. The Kier molecular flexibility index (Phi) is 2.93. The zero-order chi connectivity index (χ0) is 12.4. The number of aryl methyl sites for hydroxylation is 1. The average molecular weight is 239 g/mol. The molecule has 0 aromatic heterocycles. The zero-order valence-electron chi connectivity index (χ0n) is 10.6. The summed E-state index contributed by atoms with van der Waals surface area (Å²) in [5.74, 6) is 1.05. The van der Waals surface area contributed by atoms with Crippen LogP contribution < -0.4 is 10.1 Å². The van der Waals surface area contributed by atoms with Gasteiger partial charge in [0, 0.05) is 18.7 Å². The van der Waals surface area contributed by atoms with Gasteiger partial charge in [-0.2, -0.15) is 0 Å². The van der Waals surface area contributed by atoms with Crippen LogP contribution in [-0.2, 0) is 13.0 Å². The van der Waals surface area contributed by atoms with Gasteiger partial charge in [-0.1, -0.05) is 29.8 Å². The molecule has 1 aliphatic rings. The molecule has 1 N–H and O–H groups in total. The van der Waals surface area contributed by atoms with Crippen LogP contribution in [0.4, 0.5) is 5.69 Å². The maximum absolute atomic E-state index is 5.51. The van der Waals surface area contributed by atoms with Gasteiger partial charge in [-0.25, -0.2) is 0 Å². The molecular weight excluding hydrogens is 222 g/mol. The fraction of sp³-hybridized carbons (Fsp3) is 0.250. The van der Waals surface area contributed by atoms with E-state index in [1.807, 2.05) is 0 Å². The predicted octanol–water partition coefficient (Wildman–Crippen LogP) is 3.54. The molecule has 2 nitrogen and oxygen atoms in total. The SMILES string of the molecule is Cc1ccc(NCc2ccc3c(c2)CCO3)cc1. The maximum Gasteiger partial charge on any atom is 0.122 e. The molecule has 0 saturated heterocycles. The van der Waals surface area contributed by atoms with E-state index in [0.717, 1.165) is 31.0 Å². The summed E-state index contributed by atoms with van der Waals surface area (Å²) in [7, 11) is 0. The molecule has 1 heterocycles. The van der Waals surface area contributed by atoms with Crippen molar-refractivity contribution in [2.45, 2.75) is 19.9 Å². The van der Waals surface area contributed by atoms with E-state index in [1.54, 1.807) is 0 Å². The fourth-order valence-corrected chi connectivity index (χ4v) is 2.23. The lowest BCUT2D eigenvalue weighted by Gasteiger charge is -2.08. The number of hydrogen-bond donors (Lipinski definition) is 1. The third-order valence-electron chi connectivity index (χ3n) is 3.30. The van der Waals surface area contributed by atoms with Crippen LogP contribution in [0.1, 0.15) is 16.7 Å². The number of fused-ring (bicyclic) bond motifs is 1. The van der Waals surface area contributed by atoms with E-state index in [1.165, 1.54) is 16.7 Å². The molecule has 0 bridgehead atoms. The monoisotopic (exact) mass is 239 g/mol. The van der Waals surface area contributed by atoms with Crippen molar-refractivity contribution in [1.82, 2.24) is 0 Å². The Morgan fingerprint density at radius 1 is 1.11 bits per heavy atom. The van der Waals surface area contributed by atoms with E-state index in [-0.39, 0.29) is 0 Å². The largest absolute Gasteiger partial charge is 0.493 e. The molecule has 0 saturated carbocycles. The van der Waals surface area contributed by atoms with Crippen LogP contribution in [0.25, 0.3) is 0 Å². The van der Waals surface area contributed by atoms with Crippen LogP contribution in [0.5, 0.6) is 5.75 Å². The van der Waals surface area contributed by atoms with Crippen molar-refractivity contribution < 1.29 is 4.74 Å². The summed E-state index contributed by atoms with van der Waals surface area (Å²) in [5, 5.41) is 3.44. The predicted molar refractivity (Wildman–Crippen MR) is 74.1 cm³/mol. The molecule has 0 spiro atoms. The Hall–Kier alpha value is -1.96. The highest BCUT2D eigenvalue weighted by Gasteiger charge is 2.11. The average Bonchev–Trinajstić information content (AvgIpc) is 2.85. The first-order valence-electron chi connectivity index (χ1n) is 6.36. The number of anilines is 1. The quantitative estimate of drug-likeness (QED) is 0.884. The van der Waals surface area contributed by atoms with Crippen molar-refractivity contribution in [3.63, 3.8) is 0 Å². The fourth-order valence-electron chi connectivity index (χ4n) is 2.23. The minimum atomic E-state index is 0.824. The second kappa shape index (κ2) is 4.73. The Morgan fingerprint density at radius 3 is 2.78 bits per heavy atom. The van der Waals surface area contributed by atoms with Crippen molar-refractivity contribution in [3.05, 3.63) is 59.2 Å². The Balaban J connectivity index is 1.68.